The molecule has 0 aliphatic heterocycles. The van der Waals surface area contributed by atoms with Crippen molar-refractivity contribution in [3.8, 4) is 0 Å². The van der Waals surface area contributed by atoms with Gasteiger partial charge >= 0.3 is 11.9 Å². The highest BCUT2D eigenvalue weighted by atomic mass is 16.6. The van der Waals surface area contributed by atoms with Gasteiger partial charge in [-0.15, -0.1) is 0 Å². The molecule has 0 rings (SSSR count). The molecule has 0 fully saturated rings. The van der Waals surface area contributed by atoms with Crippen molar-refractivity contribution >= 4 is 11.9 Å². The minimum atomic E-state index is -0.618. The molecule has 0 bridgehead atoms. The first-order valence-electron chi connectivity index (χ1n) is 7.65. The second-order valence-corrected chi connectivity index (χ2v) is 7.25. The lowest BCUT2D eigenvalue weighted by Gasteiger charge is -2.27. The second kappa shape index (κ2) is 8.87. The van der Waals surface area contributed by atoms with Gasteiger partial charge in [-0.25, -0.2) is 9.59 Å². The van der Waals surface area contributed by atoms with Gasteiger partial charge in [0.2, 0.25) is 0 Å². The second-order valence-electron chi connectivity index (χ2n) is 7.25. The zero-order chi connectivity index (χ0) is 18.3. The van der Waals surface area contributed by atoms with Crippen molar-refractivity contribution in [2.24, 2.45) is 5.41 Å². The fraction of sp³-hybridized carbons (Fsp3) is 0.667. The van der Waals surface area contributed by atoms with E-state index in [4.69, 9.17) is 14.2 Å². The topological polar surface area (TPSA) is 61.8 Å². The van der Waals surface area contributed by atoms with Crippen LogP contribution >= 0.6 is 0 Å². The third-order valence-corrected chi connectivity index (χ3v) is 3.00. The van der Waals surface area contributed by atoms with Crippen LogP contribution in [0.25, 0.3) is 0 Å². The Balaban J connectivity index is 4.13. The van der Waals surface area contributed by atoms with Crippen LogP contribution in [0, 0.1) is 5.41 Å². The summed E-state index contributed by atoms with van der Waals surface area (Å²) in [5.74, 6) is -0.798. The van der Waals surface area contributed by atoms with Crippen molar-refractivity contribution in [3.63, 3.8) is 0 Å². The van der Waals surface area contributed by atoms with Gasteiger partial charge in [-0.05, 0) is 27.7 Å². The SMILES string of the molecule is C=C(C)C(=O)OCC(C)(C)COCCC(C)(C)OC(=O)C(=C)C. The number of carbonyl (C=O) groups excluding carboxylic acids is 2. The highest BCUT2D eigenvalue weighted by Crippen LogP contribution is 2.19. The quantitative estimate of drug-likeness (QED) is 0.350. The van der Waals surface area contributed by atoms with Crippen LogP contribution in [0.3, 0.4) is 0 Å². The van der Waals surface area contributed by atoms with E-state index in [1.165, 1.54) is 0 Å². The Morgan fingerprint density at radius 1 is 0.913 bits per heavy atom. The van der Waals surface area contributed by atoms with Crippen LogP contribution in [0.4, 0.5) is 0 Å². The lowest BCUT2D eigenvalue weighted by Crippen LogP contribution is -2.32. The van der Waals surface area contributed by atoms with E-state index in [1.807, 2.05) is 27.7 Å². The molecule has 0 N–H and O–H groups in total. The van der Waals surface area contributed by atoms with E-state index in [0.717, 1.165) is 0 Å². The molecule has 0 atom stereocenters. The molecule has 0 aromatic heterocycles. The van der Waals surface area contributed by atoms with E-state index in [1.54, 1.807) is 13.8 Å². The van der Waals surface area contributed by atoms with Gasteiger partial charge in [-0.3, -0.25) is 0 Å². The molecule has 23 heavy (non-hydrogen) atoms. The van der Waals surface area contributed by atoms with Crippen LogP contribution < -0.4 is 0 Å². The van der Waals surface area contributed by atoms with Crippen LogP contribution in [-0.4, -0.2) is 37.4 Å². The molecule has 0 amide bonds. The summed E-state index contributed by atoms with van der Waals surface area (Å²) in [4.78, 5) is 22.9. The Morgan fingerprint density at radius 3 is 1.91 bits per heavy atom. The minimum absolute atomic E-state index is 0.257. The average molecular weight is 326 g/mol. The molecule has 5 nitrogen and oxygen atoms in total. The fourth-order valence-electron chi connectivity index (χ4n) is 1.48. The van der Waals surface area contributed by atoms with Crippen molar-refractivity contribution in [3.05, 3.63) is 24.3 Å². The standard InChI is InChI=1S/C18H30O5/c1-13(2)15(19)22-12-17(5,6)11-21-10-9-18(7,8)23-16(20)14(3)4/h1,3,9-12H2,2,4-8H3. The average Bonchev–Trinajstić information content (AvgIpc) is 2.40. The van der Waals surface area contributed by atoms with Crippen molar-refractivity contribution in [2.75, 3.05) is 19.8 Å². The molecule has 132 valence electrons. The molecule has 0 aromatic carbocycles. The summed E-state index contributed by atoms with van der Waals surface area (Å²) in [6.07, 6.45) is 0.563. The van der Waals surface area contributed by atoms with Crippen molar-refractivity contribution < 1.29 is 23.8 Å². The van der Waals surface area contributed by atoms with Crippen LogP contribution in [-0.2, 0) is 23.8 Å². The van der Waals surface area contributed by atoms with Gasteiger partial charge in [0, 0.05) is 23.0 Å². The fourth-order valence-corrected chi connectivity index (χ4v) is 1.48. The lowest BCUT2D eigenvalue weighted by atomic mass is 9.96. The minimum Gasteiger partial charge on any atom is -0.462 e. The molecule has 0 aromatic rings. The van der Waals surface area contributed by atoms with Gasteiger partial charge in [0.1, 0.15) is 5.60 Å². The smallest absolute Gasteiger partial charge is 0.333 e. The first kappa shape index (κ1) is 21.4. The maximum atomic E-state index is 11.5. The number of rotatable bonds is 10. The normalized spacial score (nSPS) is 11.7. The molecule has 0 radical (unpaired) electrons. The summed E-state index contributed by atoms with van der Waals surface area (Å²) >= 11 is 0. The molecule has 0 saturated carbocycles. The third-order valence-electron chi connectivity index (χ3n) is 3.00. The predicted molar refractivity (Wildman–Crippen MR) is 90.0 cm³/mol. The van der Waals surface area contributed by atoms with Gasteiger partial charge in [-0.1, -0.05) is 27.0 Å². The Hall–Kier alpha value is -1.62. The molecule has 0 aliphatic rings. The molecule has 0 unspecified atom stereocenters. The van der Waals surface area contributed by atoms with Crippen LogP contribution in [0.15, 0.2) is 24.3 Å². The highest BCUT2D eigenvalue weighted by molar-refractivity contribution is 5.87. The zero-order valence-corrected chi connectivity index (χ0v) is 15.3. The van der Waals surface area contributed by atoms with E-state index in [9.17, 15) is 9.59 Å². The summed E-state index contributed by atoms with van der Waals surface area (Å²) in [7, 11) is 0. The Bertz CT molecular complexity index is 460. The number of ether oxygens (including phenoxy) is 3. The molecule has 5 heteroatoms. The number of hydrogen-bond donors (Lipinski definition) is 0. The van der Waals surface area contributed by atoms with Gasteiger partial charge in [0.25, 0.3) is 0 Å². The van der Waals surface area contributed by atoms with E-state index < -0.39 is 17.5 Å². The largest absolute Gasteiger partial charge is 0.462 e. The first-order valence-corrected chi connectivity index (χ1v) is 7.65. The van der Waals surface area contributed by atoms with Crippen molar-refractivity contribution in [1.29, 1.82) is 0 Å². The first-order chi connectivity index (χ1) is 10.4. The van der Waals surface area contributed by atoms with E-state index in [0.29, 0.717) is 30.8 Å². The van der Waals surface area contributed by atoms with Crippen molar-refractivity contribution in [2.45, 2.75) is 53.6 Å². The summed E-state index contributed by atoms with van der Waals surface area (Å²) in [5, 5.41) is 0. The molecule has 0 heterocycles. The third kappa shape index (κ3) is 9.89. The van der Waals surface area contributed by atoms with Crippen LogP contribution in [0.5, 0.6) is 0 Å². The lowest BCUT2D eigenvalue weighted by molar-refractivity contribution is -0.153. The number of esters is 2. The summed E-state index contributed by atoms with van der Waals surface area (Å²) in [6.45, 7) is 19.0. The molecular formula is C18H30O5. The predicted octanol–water partition coefficient (Wildman–Crippen LogP) is 3.44. The molecule has 0 saturated heterocycles. The zero-order valence-electron chi connectivity index (χ0n) is 15.3. The Labute approximate surface area is 139 Å². The Morgan fingerprint density at radius 2 is 1.43 bits per heavy atom. The van der Waals surface area contributed by atoms with Crippen LogP contribution in [0.1, 0.15) is 48.0 Å². The summed E-state index contributed by atoms with van der Waals surface area (Å²) < 4.78 is 16.1. The molecular weight excluding hydrogens is 296 g/mol. The maximum absolute atomic E-state index is 11.5. The van der Waals surface area contributed by atoms with E-state index in [2.05, 4.69) is 13.2 Å². The number of carbonyl (C=O) groups is 2. The van der Waals surface area contributed by atoms with Gasteiger partial charge in [0.05, 0.1) is 19.8 Å². The van der Waals surface area contributed by atoms with Crippen molar-refractivity contribution in [1.82, 2.24) is 0 Å². The Kier molecular flexibility index (Phi) is 8.24. The van der Waals surface area contributed by atoms with E-state index in [-0.39, 0.29) is 12.0 Å². The summed E-state index contributed by atoms with van der Waals surface area (Å²) in [5.41, 5.74) is -0.168. The monoisotopic (exact) mass is 326 g/mol. The number of hydrogen-bond acceptors (Lipinski definition) is 5. The molecule has 0 aliphatic carbocycles. The van der Waals surface area contributed by atoms with Gasteiger partial charge in [0.15, 0.2) is 0 Å². The maximum Gasteiger partial charge on any atom is 0.333 e. The molecule has 0 spiro atoms. The van der Waals surface area contributed by atoms with Gasteiger partial charge in [-0.2, -0.15) is 0 Å². The van der Waals surface area contributed by atoms with E-state index >= 15 is 0 Å². The highest BCUT2D eigenvalue weighted by Gasteiger charge is 2.25. The summed E-state index contributed by atoms with van der Waals surface area (Å²) in [6, 6.07) is 0. The van der Waals surface area contributed by atoms with Gasteiger partial charge < -0.3 is 14.2 Å². The van der Waals surface area contributed by atoms with Crippen LogP contribution in [0.2, 0.25) is 0 Å².